The first-order valence-corrected chi connectivity index (χ1v) is 3.84. The molecule has 0 amide bonds. The number of carbonyl (C=O) groups is 1. The number of rotatable bonds is 2. The van der Waals surface area contributed by atoms with E-state index in [4.69, 9.17) is 10.5 Å². The van der Waals surface area contributed by atoms with Gasteiger partial charge in [0.2, 0.25) is 0 Å². The Bertz CT molecular complexity index is 323. The summed E-state index contributed by atoms with van der Waals surface area (Å²) in [5, 5.41) is 9.26. The highest BCUT2D eigenvalue weighted by molar-refractivity contribution is 5.70. The number of aromatic hydroxyl groups is 1. The molecule has 0 fully saturated rings. The molecule has 1 rings (SSSR count). The van der Waals surface area contributed by atoms with Crippen molar-refractivity contribution in [2.45, 2.75) is 13.5 Å². The largest absolute Gasteiger partial charge is 0.504 e. The van der Waals surface area contributed by atoms with Crippen LogP contribution in [0.3, 0.4) is 0 Å². The molecule has 0 aliphatic rings. The first-order valence-electron chi connectivity index (χ1n) is 3.84. The molecule has 0 aliphatic carbocycles. The van der Waals surface area contributed by atoms with E-state index < -0.39 is 5.97 Å². The fourth-order valence-corrected chi connectivity index (χ4v) is 0.922. The second-order valence-corrected chi connectivity index (χ2v) is 2.60. The van der Waals surface area contributed by atoms with Crippen LogP contribution < -0.4 is 10.5 Å². The van der Waals surface area contributed by atoms with Crippen molar-refractivity contribution < 1.29 is 14.6 Å². The Morgan fingerprint density at radius 1 is 1.62 bits per heavy atom. The van der Waals surface area contributed by atoms with Crippen molar-refractivity contribution in [2.24, 2.45) is 5.73 Å². The molecule has 0 radical (unpaired) electrons. The molecule has 4 heteroatoms. The molecule has 0 bridgehead atoms. The van der Waals surface area contributed by atoms with Gasteiger partial charge in [0.05, 0.1) is 0 Å². The zero-order chi connectivity index (χ0) is 9.84. The van der Waals surface area contributed by atoms with E-state index in [2.05, 4.69) is 0 Å². The van der Waals surface area contributed by atoms with Gasteiger partial charge in [0.25, 0.3) is 0 Å². The smallest absolute Gasteiger partial charge is 0.308 e. The highest BCUT2D eigenvalue weighted by atomic mass is 16.5. The normalized spacial score (nSPS) is 9.69. The number of phenolic OH excluding ortho intramolecular Hbond substituents is 1. The van der Waals surface area contributed by atoms with Crippen LogP contribution in [0.4, 0.5) is 0 Å². The van der Waals surface area contributed by atoms with Crippen LogP contribution >= 0.6 is 0 Å². The van der Waals surface area contributed by atoms with Gasteiger partial charge >= 0.3 is 5.97 Å². The first kappa shape index (κ1) is 9.54. The number of ether oxygens (including phenoxy) is 1. The molecule has 3 N–H and O–H groups in total. The van der Waals surface area contributed by atoms with Crippen LogP contribution in [0.15, 0.2) is 18.2 Å². The van der Waals surface area contributed by atoms with E-state index in [1.807, 2.05) is 0 Å². The van der Waals surface area contributed by atoms with E-state index in [1.54, 1.807) is 6.07 Å². The SMILES string of the molecule is CC(=O)Oc1cc(CN)ccc1O. The van der Waals surface area contributed by atoms with Crippen LogP contribution in [0.5, 0.6) is 11.5 Å². The number of esters is 1. The third-order valence-electron chi connectivity index (χ3n) is 1.51. The van der Waals surface area contributed by atoms with Gasteiger partial charge in [-0.15, -0.1) is 0 Å². The van der Waals surface area contributed by atoms with Gasteiger partial charge in [-0.05, 0) is 17.7 Å². The molecule has 13 heavy (non-hydrogen) atoms. The molecule has 70 valence electrons. The molecular weight excluding hydrogens is 170 g/mol. The van der Waals surface area contributed by atoms with Crippen LogP contribution in [0.2, 0.25) is 0 Å². The summed E-state index contributed by atoms with van der Waals surface area (Å²) < 4.78 is 4.74. The molecule has 4 nitrogen and oxygen atoms in total. The lowest BCUT2D eigenvalue weighted by Gasteiger charge is -2.05. The fourth-order valence-electron chi connectivity index (χ4n) is 0.922. The predicted octanol–water partition coefficient (Wildman–Crippen LogP) is 0.776. The van der Waals surface area contributed by atoms with Gasteiger partial charge in [0, 0.05) is 13.5 Å². The summed E-state index contributed by atoms with van der Waals surface area (Å²) in [6.07, 6.45) is 0. The second-order valence-electron chi connectivity index (χ2n) is 2.60. The third kappa shape index (κ3) is 2.45. The summed E-state index contributed by atoms with van der Waals surface area (Å²) in [5.74, 6) is -0.382. The van der Waals surface area contributed by atoms with Gasteiger partial charge in [-0.2, -0.15) is 0 Å². The Kier molecular flexibility index (Phi) is 2.87. The third-order valence-corrected chi connectivity index (χ3v) is 1.51. The minimum atomic E-state index is -0.468. The van der Waals surface area contributed by atoms with E-state index in [9.17, 15) is 9.90 Å². The van der Waals surface area contributed by atoms with Crippen molar-refractivity contribution >= 4 is 5.97 Å². The number of carbonyl (C=O) groups excluding carboxylic acids is 1. The highest BCUT2D eigenvalue weighted by Gasteiger charge is 2.05. The summed E-state index contributed by atoms with van der Waals surface area (Å²) >= 11 is 0. The molecule has 0 saturated carbocycles. The molecular formula is C9H11NO3. The first-order chi connectivity index (χ1) is 6.13. The van der Waals surface area contributed by atoms with Crippen molar-refractivity contribution in [2.75, 3.05) is 0 Å². The molecule has 0 aromatic heterocycles. The highest BCUT2D eigenvalue weighted by Crippen LogP contribution is 2.26. The molecule has 0 heterocycles. The molecule has 0 spiro atoms. The van der Waals surface area contributed by atoms with E-state index in [0.29, 0.717) is 6.54 Å². The van der Waals surface area contributed by atoms with Crippen LogP contribution in [0.1, 0.15) is 12.5 Å². The van der Waals surface area contributed by atoms with Crippen molar-refractivity contribution in [3.63, 3.8) is 0 Å². The van der Waals surface area contributed by atoms with Crippen LogP contribution in [-0.4, -0.2) is 11.1 Å². The van der Waals surface area contributed by atoms with Gasteiger partial charge in [0.1, 0.15) is 0 Å². The summed E-state index contributed by atoms with van der Waals surface area (Å²) in [5.41, 5.74) is 6.18. The Balaban J connectivity index is 2.96. The topological polar surface area (TPSA) is 72.5 Å². The van der Waals surface area contributed by atoms with Crippen molar-refractivity contribution in [1.29, 1.82) is 0 Å². The number of phenols is 1. The predicted molar refractivity (Wildman–Crippen MR) is 47.3 cm³/mol. The Morgan fingerprint density at radius 3 is 2.85 bits per heavy atom. The summed E-state index contributed by atoms with van der Waals surface area (Å²) in [4.78, 5) is 10.6. The molecule has 0 unspecified atom stereocenters. The average Bonchev–Trinajstić information content (AvgIpc) is 2.08. The Morgan fingerprint density at radius 2 is 2.31 bits per heavy atom. The number of nitrogens with two attached hydrogens (primary N) is 1. The average molecular weight is 181 g/mol. The van der Waals surface area contributed by atoms with Crippen molar-refractivity contribution in [3.8, 4) is 11.5 Å². The van der Waals surface area contributed by atoms with Crippen LogP contribution in [0.25, 0.3) is 0 Å². The van der Waals surface area contributed by atoms with Gasteiger partial charge in [-0.25, -0.2) is 0 Å². The van der Waals surface area contributed by atoms with Crippen LogP contribution in [-0.2, 0) is 11.3 Å². The molecule has 0 atom stereocenters. The fraction of sp³-hybridized carbons (Fsp3) is 0.222. The maximum absolute atomic E-state index is 10.6. The van der Waals surface area contributed by atoms with Crippen LogP contribution in [0, 0.1) is 0 Å². The van der Waals surface area contributed by atoms with Gasteiger partial charge in [-0.3, -0.25) is 4.79 Å². The lowest BCUT2D eigenvalue weighted by molar-refractivity contribution is -0.132. The van der Waals surface area contributed by atoms with E-state index in [1.165, 1.54) is 19.1 Å². The quantitative estimate of drug-likeness (QED) is 0.522. The summed E-state index contributed by atoms with van der Waals surface area (Å²) in [6.45, 7) is 1.61. The minimum Gasteiger partial charge on any atom is -0.504 e. The van der Waals surface area contributed by atoms with E-state index >= 15 is 0 Å². The van der Waals surface area contributed by atoms with Gasteiger partial charge in [-0.1, -0.05) is 6.07 Å². The second kappa shape index (κ2) is 3.91. The van der Waals surface area contributed by atoms with Crippen molar-refractivity contribution in [3.05, 3.63) is 23.8 Å². The summed E-state index contributed by atoms with van der Waals surface area (Å²) in [6, 6.07) is 4.65. The number of benzene rings is 1. The van der Waals surface area contributed by atoms with Crippen molar-refractivity contribution in [1.82, 2.24) is 0 Å². The lowest BCUT2D eigenvalue weighted by atomic mass is 10.2. The van der Waals surface area contributed by atoms with E-state index in [-0.39, 0.29) is 11.5 Å². The minimum absolute atomic E-state index is 0.0626. The summed E-state index contributed by atoms with van der Waals surface area (Å²) in [7, 11) is 0. The van der Waals surface area contributed by atoms with Gasteiger partial charge in [0.15, 0.2) is 11.5 Å². The molecule has 1 aromatic rings. The lowest BCUT2D eigenvalue weighted by Crippen LogP contribution is -2.03. The maximum atomic E-state index is 10.6. The molecule has 1 aromatic carbocycles. The Hall–Kier alpha value is -1.55. The zero-order valence-electron chi connectivity index (χ0n) is 7.28. The zero-order valence-corrected chi connectivity index (χ0v) is 7.28. The number of hydrogen-bond donors (Lipinski definition) is 2. The Labute approximate surface area is 75.9 Å². The molecule has 0 saturated heterocycles. The monoisotopic (exact) mass is 181 g/mol. The van der Waals surface area contributed by atoms with E-state index in [0.717, 1.165) is 5.56 Å². The van der Waals surface area contributed by atoms with Gasteiger partial charge < -0.3 is 15.6 Å². The number of hydrogen-bond acceptors (Lipinski definition) is 4. The standard InChI is InChI=1S/C9H11NO3/c1-6(11)13-9-4-7(5-10)2-3-8(9)12/h2-4,12H,5,10H2,1H3. The maximum Gasteiger partial charge on any atom is 0.308 e. The molecule has 0 aliphatic heterocycles.